The first kappa shape index (κ1) is 16.5. The van der Waals surface area contributed by atoms with E-state index in [9.17, 15) is 19.8 Å². The third-order valence-electron chi connectivity index (χ3n) is 4.23. The van der Waals surface area contributed by atoms with Gasteiger partial charge in [-0.25, -0.2) is 4.79 Å². The van der Waals surface area contributed by atoms with Gasteiger partial charge >= 0.3 is 5.97 Å². The number of fused-ring (bicyclic) bond motifs is 2. The van der Waals surface area contributed by atoms with Gasteiger partial charge in [-0.3, -0.25) is 4.79 Å². The van der Waals surface area contributed by atoms with E-state index in [2.05, 4.69) is 0 Å². The van der Waals surface area contributed by atoms with E-state index in [1.54, 1.807) is 13.0 Å². The predicted molar refractivity (Wildman–Crippen MR) is 85.0 cm³/mol. The van der Waals surface area contributed by atoms with Crippen molar-refractivity contribution in [1.29, 1.82) is 0 Å². The van der Waals surface area contributed by atoms with Crippen LogP contribution in [0.5, 0.6) is 11.5 Å². The van der Waals surface area contributed by atoms with Crippen LogP contribution in [-0.4, -0.2) is 40.3 Å². The highest BCUT2D eigenvalue weighted by Gasteiger charge is 2.39. The van der Waals surface area contributed by atoms with Crippen LogP contribution in [0, 0.1) is 0 Å². The van der Waals surface area contributed by atoms with E-state index in [0.29, 0.717) is 6.42 Å². The summed E-state index contributed by atoms with van der Waals surface area (Å²) in [5, 5.41) is 19.7. The summed E-state index contributed by atoms with van der Waals surface area (Å²) in [5.41, 5.74) is 0.170. The van der Waals surface area contributed by atoms with Crippen molar-refractivity contribution in [2.45, 2.75) is 50.9 Å². The third-order valence-corrected chi connectivity index (χ3v) is 4.23. The molecule has 0 bridgehead atoms. The molecule has 2 aliphatic rings. The number of cyclic esters (lactones) is 1. The highest BCUT2D eigenvalue weighted by Crippen LogP contribution is 2.33. The van der Waals surface area contributed by atoms with Crippen molar-refractivity contribution < 1.29 is 29.3 Å². The van der Waals surface area contributed by atoms with Crippen molar-refractivity contribution in [1.82, 2.24) is 0 Å². The number of aromatic hydroxyl groups is 2. The zero-order chi connectivity index (χ0) is 17.3. The highest BCUT2D eigenvalue weighted by atomic mass is 16.6. The molecule has 1 aromatic rings. The van der Waals surface area contributed by atoms with Crippen LogP contribution in [-0.2, 0) is 20.7 Å². The van der Waals surface area contributed by atoms with Crippen LogP contribution in [0.3, 0.4) is 0 Å². The molecule has 0 saturated carbocycles. The second kappa shape index (κ2) is 6.65. The number of ether oxygens (including phenoxy) is 2. The molecule has 1 fully saturated rings. The lowest BCUT2D eigenvalue weighted by atomic mass is 9.99. The lowest BCUT2D eigenvalue weighted by Gasteiger charge is -2.15. The van der Waals surface area contributed by atoms with Gasteiger partial charge in [-0.15, -0.1) is 0 Å². The molecule has 0 unspecified atom stereocenters. The van der Waals surface area contributed by atoms with Gasteiger partial charge in [0.25, 0.3) is 0 Å². The molecule has 2 N–H and O–H groups in total. The van der Waals surface area contributed by atoms with Crippen LogP contribution < -0.4 is 0 Å². The Kier molecular flexibility index (Phi) is 4.57. The smallest absolute Gasteiger partial charge is 0.342 e. The Hall–Kier alpha value is -2.34. The van der Waals surface area contributed by atoms with E-state index in [1.807, 2.05) is 0 Å². The molecule has 2 heterocycles. The van der Waals surface area contributed by atoms with Crippen molar-refractivity contribution in [3.05, 3.63) is 35.4 Å². The molecule has 3 rings (SSSR count). The first-order valence-electron chi connectivity index (χ1n) is 8.04. The number of hydrogen-bond donors (Lipinski definition) is 2. The molecule has 0 amide bonds. The van der Waals surface area contributed by atoms with Crippen LogP contribution in [0.15, 0.2) is 24.3 Å². The fourth-order valence-electron chi connectivity index (χ4n) is 3.02. The Morgan fingerprint density at radius 1 is 1.17 bits per heavy atom. The number of hydrogen-bond acceptors (Lipinski definition) is 6. The van der Waals surface area contributed by atoms with Gasteiger partial charge in [-0.05, 0) is 37.5 Å². The highest BCUT2D eigenvalue weighted by molar-refractivity contribution is 5.98. The van der Waals surface area contributed by atoms with Crippen molar-refractivity contribution in [3.63, 3.8) is 0 Å². The molecule has 0 spiro atoms. The second-order valence-corrected chi connectivity index (χ2v) is 6.29. The summed E-state index contributed by atoms with van der Waals surface area (Å²) in [6.45, 7) is 1.77. The maximum atomic E-state index is 12.4. The standard InChI is InChI=1S/C18H20O6/c1-10-6-16-15(24-16)5-3-2-4-12(19)7-11-8-13(20)9-14(21)17(11)18(22)23-10/h2,4,8-10,15-16,20-21H,3,5-7H2,1H3/t10-,15-,16-/m0/s1. The van der Waals surface area contributed by atoms with Crippen LogP contribution in [0.2, 0.25) is 0 Å². The number of ketones is 1. The SMILES string of the molecule is C[C@H]1C[C@@H]2O[C@H]2CCC=CC(=O)Cc2cc(O)cc(O)c2C(=O)O1. The maximum absolute atomic E-state index is 12.4. The van der Waals surface area contributed by atoms with E-state index in [0.717, 1.165) is 18.9 Å². The number of allylic oxidation sites excluding steroid dienone is 2. The second-order valence-electron chi connectivity index (χ2n) is 6.29. The monoisotopic (exact) mass is 332 g/mol. The molecule has 6 heteroatoms. The maximum Gasteiger partial charge on any atom is 0.342 e. The summed E-state index contributed by atoms with van der Waals surface area (Å²) in [5.74, 6) is -1.53. The van der Waals surface area contributed by atoms with Crippen LogP contribution in [0.4, 0.5) is 0 Å². The normalized spacial score (nSPS) is 27.6. The molecular formula is C18H20O6. The van der Waals surface area contributed by atoms with Crippen LogP contribution in [0.25, 0.3) is 0 Å². The molecule has 3 atom stereocenters. The minimum atomic E-state index is -0.707. The molecule has 6 nitrogen and oxygen atoms in total. The predicted octanol–water partition coefficient (Wildman–Crippen LogP) is 2.26. The number of rotatable bonds is 0. The zero-order valence-corrected chi connectivity index (χ0v) is 13.4. The molecular weight excluding hydrogens is 312 g/mol. The average molecular weight is 332 g/mol. The van der Waals surface area contributed by atoms with Crippen molar-refractivity contribution in [2.75, 3.05) is 0 Å². The zero-order valence-electron chi connectivity index (χ0n) is 13.4. The van der Waals surface area contributed by atoms with E-state index in [-0.39, 0.29) is 47.4 Å². The van der Waals surface area contributed by atoms with Gasteiger partial charge in [0, 0.05) is 18.9 Å². The Morgan fingerprint density at radius 3 is 2.75 bits per heavy atom. The molecule has 0 radical (unpaired) electrons. The van der Waals surface area contributed by atoms with Gasteiger partial charge in [0.05, 0.1) is 12.2 Å². The van der Waals surface area contributed by atoms with Crippen LogP contribution >= 0.6 is 0 Å². The molecule has 0 aliphatic carbocycles. The number of esters is 1. The van der Waals surface area contributed by atoms with Gasteiger partial charge in [-0.1, -0.05) is 6.08 Å². The van der Waals surface area contributed by atoms with E-state index in [4.69, 9.17) is 9.47 Å². The van der Waals surface area contributed by atoms with Gasteiger partial charge in [-0.2, -0.15) is 0 Å². The average Bonchev–Trinajstić information content (AvgIpc) is 3.19. The fraction of sp³-hybridized carbons (Fsp3) is 0.444. The Labute approximate surface area is 139 Å². The van der Waals surface area contributed by atoms with Crippen molar-refractivity contribution >= 4 is 11.8 Å². The number of benzene rings is 1. The number of carbonyl (C=O) groups excluding carboxylic acids is 2. The van der Waals surface area contributed by atoms with Gasteiger partial charge < -0.3 is 19.7 Å². The Bertz CT molecular complexity index is 693. The summed E-state index contributed by atoms with van der Waals surface area (Å²) in [6, 6.07) is 2.37. The minimum absolute atomic E-state index is 0.0627. The topological polar surface area (TPSA) is 96.4 Å². The number of phenols is 2. The van der Waals surface area contributed by atoms with E-state index >= 15 is 0 Å². The lowest BCUT2D eigenvalue weighted by Crippen LogP contribution is -2.19. The molecule has 0 aromatic heterocycles. The first-order valence-corrected chi connectivity index (χ1v) is 8.04. The molecule has 2 aliphatic heterocycles. The lowest BCUT2D eigenvalue weighted by molar-refractivity contribution is -0.114. The summed E-state index contributed by atoms with van der Waals surface area (Å²) >= 11 is 0. The number of carbonyl (C=O) groups is 2. The first-order chi connectivity index (χ1) is 11.4. The van der Waals surface area contributed by atoms with Gasteiger partial charge in [0.1, 0.15) is 23.2 Å². The fourth-order valence-corrected chi connectivity index (χ4v) is 3.02. The number of phenolic OH excluding ortho intramolecular Hbond substituents is 2. The minimum Gasteiger partial charge on any atom is -0.508 e. The van der Waals surface area contributed by atoms with Crippen molar-refractivity contribution in [3.8, 4) is 11.5 Å². The number of epoxide rings is 1. The summed E-state index contributed by atoms with van der Waals surface area (Å²) in [6.07, 6.45) is 5.14. The molecule has 1 aromatic carbocycles. The van der Waals surface area contributed by atoms with Gasteiger partial charge in [0.15, 0.2) is 5.78 Å². The summed E-state index contributed by atoms with van der Waals surface area (Å²) < 4.78 is 10.9. The quantitative estimate of drug-likeness (QED) is 0.559. The van der Waals surface area contributed by atoms with E-state index in [1.165, 1.54) is 12.1 Å². The summed E-state index contributed by atoms with van der Waals surface area (Å²) in [4.78, 5) is 24.5. The summed E-state index contributed by atoms with van der Waals surface area (Å²) in [7, 11) is 0. The molecule has 128 valence electrons. The van der Waals surface area contributed by atoms with Gasteiger partial charge in [0.2, 0.25) is 0 Å². The largest absolute Gasteiger partial charge is 0.508 e. The van der Waals surface area contributed by atoms with Crippen LogP contribution in [0.1, 0.15) is 42.1 Å². The van der Waals surface area contributed by atoms with Crippen molar-refractivity contribution in [2.24, 2.45) is 0 Å². The molecule has 1 saturated heterocycles. The Morgan fingerprint density at radius 2 is 1.96 bits per heavy atom. The third kappa shape index (κ3) is 3.76. The van der Waals surface area contributed by atoms with E-state index < -0.39 is 11.7 Å². The molecule has 24 heavy (non-hydrogen) atoms. The Balaban J connectivity index is 1.92.